The Hall–Kier alpha value is -1.11. The summed E-state index contributed by atoms with van der Waals surface area (Å²) >= 11 is 5.80. The molecule has 2 N–H and O–H groups in total. The number of benzene rings is 1. The van der Waals surface area contributed by atoms with Crippen LogP contribution in [0.5, 0.6) is 0 Å². The number of rotatable bonds is 5. The fourth-order valence-electron chi connectivity index (χ4n) is 1.50. The summed E-state index contributed by atoms with van der Waals surface area (Å²) in [6.45, 7) is 1.72. The van der Waals surface area contributed by atoms with E-state index < -0.39 is 15.7 Å². The molecule has 7 heteroatoms. The zero-order valence-corrected chi connectivity index (χ0v) is 12.3. The predicted molar refractivity (Wildman–Crippen MR) is 73.2 cm³/mol. The molecule has 0 aliphatic carbocycles. The van der Waals surface area contributed by atoms with Gasteiger partial charge in [0.05, 0.1) is 9.92 Å². The van der Waals surface area contributed by atoms with Crippen molar-refractivity contribution in [1.29, 1.82) is 0 Å². The van der Waals surface area contributed by atoms with Crippen molar-refractivity contribution >= 4 is 27.3 Å². The average molecular weight is 306 g/mol. The molecule has 1 rings (SSSR count). The highest BCUT2D eigenvalue weighted by Gasteiger charge is 2.16. The summed E-state index contributed by atoms with van der Waals surface area (Å²) < 4.78 is 23.0. The van der Waals surface area contributed by atoms with Gasteiger partial charge >= 0.3 is 0 Å². The van der Waals surface area contributed by atoms with E-state index in [0.717, 1.165) is 6.26 Å². The molecule has 1 amide bonds. The average Bonchev–Trinajstić information content (AvgIpc) is 2.27. The maximum atomic E-state index is 11.9. The lowest BCUT2D eigenvalue weighted by molar-refractivity contribution is 0.0934. The van der Waals surface area contributed by atoms with E-state index in [2.05, 4.69) is 5.32 Å². The molecule has 0 fully saturated rings. The lowest BCUT2D eigenvalue weighted by Crippen LogP contribution is -2.33. The fourth-order valence-corrected chi connectivity index (χ4v) is 2.80. The molecule has 0 aliphatic heterocycles. The van der Waals surface area contributed by atoms with Gasteiger partial charge in [0.25, 0.3) is 5.91 Å². The minimum absolute atomic E-state index is 0.0311. The molecular formula is C12H16ClNO4S. The summed E-state index contributed by atoms with van der Waals surface area (Å²) in [5, 5.41) is 11.5. The highest BCUT2D eigenvalue weighted by molar-refractivity contribution is 7.90. The van der Waals surface area contributed by atoms with Crippen LogP contribution in [-0.4, -0.2) is 38.3 Å². The number of carbonyl (C=O) groups is 1. The first kappa shape index (κ1) is 15.9. The summed E-state index contributed by atoms with van der Waals surface area (Å²) in [6, 6.07) is 3.88. The maximum absolute atomic E-state index is 11.9. The minimum Gasteiger partial charge on any atom is -0.396 e. The predicted octanol–water partition coefficient (Wildman–Crippen LogP) is 1.24. The van der Waals surface area contributed by atoms with Gasteiger partial charge < -0.3 is 10.4 Å². The quantitative estimate of drug-likeness (QED) is 0.857. The lowest BCUT2D eigenvalue weighted by atomic mass is 10.2. The molecule has 0 saturated carbocycles. The first-order chi connectivity index (χ1) is 8.75. The van der Waals surface area contributed by atoms with Crippen LogP contribution in [0.4, 0.5) is 0 Å². The van der Waals surface area contributed by atoms with E-state index in [1.165, 1.54) is 18.2 Å². The van der Waals surface area contributed by atoms with Gasteiger partial charge in [-0.3, -0.25) is 4.79 Å². The highest BCUT2D eigenvalue weighted by Crippen LogP contribution is 2.22. The van der Waals surface area contributed by atoms with E-state index in [4.69, 9.17) is 16.7 Å². The third-order valence-corrected chi connectivity index (χ3v) is 4.11. The van der Waals surface area contributed by atoms with Crippen molar-refractivity contribution in [2.75, 3.05) is 12.9 Å². The minimum atomic E-state index is -3.48. The molecule has 1 aromatic carbocycles. The molecular weight excluding hydrogens is 290 g/mol. The number of halogens is 1. The van der Waals surface area contributed by atoms with Crippen molar-refractivity contribution < 1.29 is 18.3 Å². The highest BCUT2D eigenvalue weighted by atomic mass is 35.5. The summed E-state index contributed by atoms with van der Waals surface area (Å²) in [5.41, 5.74) is 0.217. The van der Waals surface area contributed by atoms with Crippen molar-refractivity contribution in [2.24, 2.45) is 0 Å². The summed E-state index contributed by atoms with van der Waals surface area (Å²) in [4.78, 5) is 11.8. The molecule has 1 atom stereocenters. The van der Waals surface area contributed by atoms with Gasteiger partial charge in [-0.25, -0.2) is 8.42 Å². The van der Waals surface area contributed by atoms with Gasteiger partial charge in [-0.1, -0.05) is 11.6 Å². The number of hydrogen-bond donors (Lipinski definition) is 2. The van der Waals surface area contributed by atoms with Gasteiger partial charge in [0.15, 0.2) is 9.84 Å². The van der Waals surface area contributed by atoms with Crippen molar-refractivity contribution in [3.8, 4) is 0 Å². The Labute approximate surface area is 117 Å². The van der Waals surface area contributed by atoms with Gasteiger partial charge in [-0.05, 0) is 31.5 Å². The van der Waals surface area contributed by atoms with Crippen LogP contribution in [0.2, 0.25) is 5.02 Å². The van der Waals surface area contributed by atoms with Gasteiger partial charge in [-0.15, -0.1) is 0 Å². The SMILES string of the molecule is CC(CCO)NC(=O)c1ccc(Cl)c(S(C)(=O)=O)c1. The molecule has 0 bridgehead atoms. The van der Waals surface area contributed by atoms with Crippen LogP contribution in [0.3, 0.4) is 0 Å². The summed E-state index contributed by atoms with van der Waals surface area (Å²) in [7, 11) is -3.48. The van der Waals surface area contributed by atoms with E-state index in [9.17, 15) is 13.2 Å². The molecule has 0 aromatic heterocycles. The Morgan fingerprint density at radius 1 is 1.47 bits per heavy atom. The topological polar surface area (TPSA) is 83.5 Å². The van der Waals surface area contributed by atoms with Gasteiger partial charge in [0, 0.05) is 24.5 Å². The van der Waals surface area contributed by atoms with E-state index in [-0.39, 0.29) is 28.1 Å². The number of sulfone groups is 1. The zero-order valence-electron chi connectivity index (χ0n) is 10.7. The van der Waals surface area contributed by atoms with Crippen LogP contribution < -0.4 is 5.32 Å². The van der Waals surface area contributed by atoms with E-state index in [0.29, 0.717) is 6.42 Å². The number of amides is 1. The van der Waals surface area contributed by atoms with E-state index >= 15 is 0 Å². The maximum Gasteiger partial charge on any atom is 0.251 e. The molecule has 1 aromatic rings. The number of aliphatic hydroxyl groups is 1. The first-order valence-corrected chi connectivity index (χ1v) is 7.94. The van der Waals surface area contributed by atoms with Gasteiger partial charge in [0.2, 0.25) is 0 Å². The summed E-state index contributed by atoms with van der Waals surface area (Å²) in [6.07, 6.45) is 1.46. The number of carbonyl (C=O) groups excluding carboxylic acids is 1. The smallest absolute Gasteiger partial charge is 0.251 e. The molecule has 5 nitrogen and oxygen atoms in total. The van der Waals surface area contributed by atoms with E-state index in [1.54, 1.807) is 6.92 Å². The Bertz CT molecular complexity index is 571. The number of aliphatic hydroxyl groups excluding tert-OH is 1. The van der Waals surface area contributed by atoms with Crippen LogP contribution in [-0.2, 0) is 9.84 Å². The molecule has 0 aliphatic rings. The molecule has 0 saturated heterocycles. The third kappa shape index (κ3) is 4.49. The van der Waals surface area contributed by atoms with E-state index in [1.807, 2.05) is 0 Å². The van der Waals surface area contributed by atoms with Crippen molar-refractivity contribution in [3.05, 3.63) is 28.8 Å². The second kappa shape index (κ2) is 6.36. The molecule has 106 valence electrons. The van der Waals surface area contributed by atoms with Gasteiger partial charge in [-0.2, -0.15) is 0 Å². The van der Waals surface area contributed by atoms with Crippen LogP contribution >= 0.6 is 11.6 Å². The lowest BCUT2D eigenvalue weighted by Gasteiger charge is -2.13. The molecule has 0 heterocycles. The second-order valence-corrected chi connectivity index (χ2v) is 6.70. The standard InChI is InChI=1S/C12H16ClNO4S/c1-8(5-6-15)14-12(16)9-3-4-10(13)11(7-9)19(2,17)18/h3-4,7-8,15H,5-6H2,1-2H3,(H,14,16). The first-order valence-electron chi connectivity index (χ1n) is 5.67. The molecule has 0 radical (unpaired) electrons. The zero-order chi connectivity index (χ0) is 14.6. The Morgan fingerprint density at radius 3 is 2.63 bits per heavy atom. The van der Waals surface area contributed by atoms with Crippen LogP contribution in [0.15, 0.2) is 23.1 Å². The summed E-state index contributed by atoms with van der Waals surface area (Å²) in [5.74, 6) is -0.400. The van der Waals surface area contributed by atoms with Crippen molar-refractivity contribution in [3.63, 3.8) is 0 Å². The number of hydrogen-bond acceptors (Lipinski definition) is 4. The van der Waals surface area contributed by atoms with Crippen molar-refractivity contribution in [2.45, 2.75) is 24.3 Å². The Morgan fingerprint density at radius 2 is 2.11 bits per heavy atom. The molecule has 0 spiro atoms. The second-order valence-electron chi connectivity index (χ2n) is 4.30. The van der Waals surface area contributed by atoms with Crippen LogP contribution in [0.25, 0.3) is 0 Å². The molecule has 1 unspecified atom stereocenters. The van der Waals surface area contributed by atoms with Crippen molar-refractivity contribution in [1.82, 2.24) is 5.32 Å². The third-order valence-electron chi connectivity index (χ3n) is 2.53. The van der Waals surface area contributed by atoms with Crippen LogP contribution in [0.1, 0.15) is 23.7 Å². The molecule has 19 heavy (non-hydrogen) atoms. The number of nitrogens with one attached hydrogen (secondary N) is 1. The largest absolute Gasteiger partial charge is 0.396 e. The Kier molecular flexibility index (Phi) is 5.34. The van der Waals surface area contributed by atoms with Gasteiger partial charge in [0.1, 0.15) is 0 Å². The Balaban J connectivity index is 3.00. The fraction of sp³-hybridized carbons (Fsp3) is 0.417. The van der Waals surface area contributed by atoms with Crippen LogP contribution in [0, 0.1) is 0 Å². The normalized spacial score (nSPS) is 13.1. The monoisotopic (exact) mass is 305 g/mol.